The highest BCUT2D eigenvalue weighted by Crippen LogP contribution is 2.10. The lowest BCUT2D eigenvalue weighted by atomic mass is 10.3. The van der Waals surface area contributed by atoms with Crippen LogP contribution in [0.25, 0.3) is 0 Å². The first kappa shape index (κ1) is 15.2. The largest absolute Gasteiger partial charge is 0.492 e. The fraction of sp³-hybridized carbons (Fsp3) is 0.357. The number of halogens is 1. The standard InChI is InChI=1S/C14H18FNO3/c1-3-9-18-11(2)14(17)16-8-10-19-13-6-4-12(15)5-7-13/h3-7,11H,1,8-10H2,2H3,(H,16,17)/t11-/m1/s1. The Morgan fingerprint density at radius 3 is 2.79 bits per heavy atom. The summed E-state index contributed by atoms with van der Waals surface area (Å²) in [6.45, 7) is 6.17. The second-order valence-electron chi connectivity index (χ2n) is 3.86. The van der Waals surface area contributed by atoms with E-state index < -0.39 is 6.10 Å². The summed E-state index contributed by atoms with van der Waals surface area (Å²) >= 11 is 0. The zero-order chi connectivity index (χ0) is 14.1. The Morgan fingerprint density at radius 2 is 2.16 bits per heavy atom. The van der Waals surface area contributed by atoms with Crippen molar-refractivity contribution in [2.24, 2.45) is 0 Å². The molecule has 0 aliphatic rings. The predicted octanol–water partition coefficient (Wildman–Crippen LogP) is 1.91. The number of rotatable bonds is 8. The van der Waals surface area contributed by atoms with E-state index in [9.17, 15) is 9.18 Å². The van der Waals surface area contributed by atoms with Gasteiger partial charge < -0.3 is 14.8 Å². The molecular weight excluding hydrogens is 249 g/mol. The van der Waals surface area contributed by atoms with E-state index in [0.717, 1.165) is 0 Å². The quantitative estimate of drug-likeness (QED) is 0.578. The molecule has 0 unspecified atom stereocenters. The molecule has 19 heavy (non-hydrogen) atoms. The molecule has 1 N–H and O–H groups in total. The van der Waals surface area contributed by atoms with E-state index in [4.69, 9.17) is 9.47 Å². The second-order valence-corrected chi connectivity index (χ2v) is 3.86. The number of amides is 1. The molecular formula is C14H18FNO3. The average Bonchev–Trinajstić information content (AvgIpc) is 2.42. The fourth-order valence-corrected chi connectivity index (χ4v) is 1.31. The molecule has 1 aromatic carbocycles. The molecule has 5 heteroatoms. The van der Waals surface area contributed by atoms with Gasteiger partial charge in [-0.05, 0) is 31.2 Å². The molecule has 0 bridgehead atoms. The lowest BCUT2D eigenvalue weighted by Gasteiger charge is -2.12. The summed E-state index contributed by atoms with van der Waals surface area (Å²) in [4.78, 5) is 11.5. The summed E-state index contributed by atoms with van der Waals surface area (Å²) < 4.78 is 23.1. The first-order valence-electron chi connectivity index (χ1n) is 6.02. The molecule has 4 nitrogen and oxygen atoms in total. The van der Waals surface area contributed by atoms with Gasteiger partial charge in [-0.25, -0.2) is 4.39 Å². The molecule has 1 rings (SSSR count). The normalized spacial score (nSPS) is 11.7. The first-order valence-corrected chi connectivity index (χ1v) is 6.02. The first-order chi connectivity index (χ1) is 9.13. The van der Waals surface area contributed by atoms with Crippen LogP contribution in [0, 0.1) is 5.82 Å². The van der Waals surface area contributed by atoms with Gasteiger partial charge in [0.15, 0.2) is 0 Å². The maximum absolute atomic E-state index is 12.6. The van der Waals surface area contributed by atoms with E-state index in [1.165, 1.54) is 24.3 Å². The van der Waals surface area contributed by atoms with Gasteiger partial charge >= 0.3 is 0 Å². The maximum atomic E-state index is 12.6. The van der Waals surface area contributed by atoms with Crippen LogP contribution in [-0.2, 0) is 9.53 Å². The SMILES string of the molecule is C=CCO[C@H](C)C(=O)NCCOc1ccc(F)cc1. The van der Waals surface area contributed by atoms with Crippen molar-refractivity contribution in [1.82, 2.24) is 5.32 Å². The third-order valence-electron chi connectivity index (χ3n) is 2.32. The van der Waals surface area contributed by atoms with Gasteiger partial charge in [0, 0.05) is 0 Å². The molecule has 0 fully saturated rings. The van der Waals surface area contributed by atoms with Crippen molar-refractivity contribution in [2.75, 3.05) is 19.8 Å². The molecule has 0 heterocycles. The summed E-state index contributed by atoms with van der Waals surface area (Å²) in [6.07, 6.45) is 1.06. The summed E-state index contributed by atoms with van der Waals surface area (Å²) in [5.74, 6) is 0.0463. The van der Waals surface area contributed by atoms with Crippen LogP contribution in [0.2, 0.25) is 0 Å². The number of benzene rings is 1. The van der Waals surface area contributed by atoms with E-state index in [1.807, 2.05) is 0 Å². The zero-order valence-corrected chi connectivity index (χ0v) is 10.9. The summed E-state index contributed by atoms with van der Waals surface area (Å²) in [5.41, 5.74) is 0. The number of hydrogen-bond acceptors (Lipinski definition) is 3. The minimum Gasteiger partial charge on any atom is -0.492 e. The Kier molecular flexibility index (Phi) is 6.60. The van der Waals surface area contributed by atoms with Gasteiger partial charge in [0.05, 0.1) is 13.2 Å². The highest BCUT2D eigenvalue weighted by molar-refractivity contribution is 5.80. The Balaban J connectivity index is 2.18. The molecule has 0 radical (unpaired) electrons. The van der Waals surface area contributed by atoms with Gasteiger partial charge in [0.1, 0.15) is 24.3 Å². The molecule has 0 saturated carbocycles. The molecule has 0 aliphatic heterocycles. The van der Waals surface area contributed by atoms with E-state index in [0.29, 0.717) is 25.5 Å². The van der Waals surface area contributed by atoms with Crippen molar-refractivity contribution in [3.63, 3.8) is 0 Å². The number of carbonyl (C=O) groups excluding carboxylic acids is 1. The second kappa shape index (κ2) is 8.26. The molecule has 0 spiro atoms. The highest BCUT2D eigenvalue weighted by atomic mass is 19.1. The molecule has 1 amide bonds. The molecule has 1 aromatic rings. The van der Waals surface area contributed by atoms with Crippen LogP contribution >= 0.6 is 0 Å². The summed E-state index contributed by atoms with van der Waals surface area (Å²) in [7, 11) is 0. The van der Waals surface area contributed by atoms with Crippen LogP contribution in [0.3, 0.4) is 0 Å². The Labute approximate surface area is 112 Å². The Hall–Kier alpha value is -1.88. The van der Waals surface area contributed by atoms with E-state index >= 15 is 0 Å². The van der Waals surface area contributed by atoms with Gasteiger partial charge in [0.2, 0.25) is 5.91 Å². The zero-order valence-electron chi connectivity index (χ0n) is 10.9. The molecule has 0 saturated heterocycles. The number of hydrogen-bond donors (Lipinski definition) is 1. The van der Waals surface area contributed by atoms with Gasteiger partial charge in [-0.2, -0.15) is 0 Å². The van der Waals surface area contributed by atoms with E-state index in [-0.39, 0.29) is 11.7 Å². The van der Waals surface area contributed by atoms with Crippen molar-refractivity contribution in [2.45, 2.75) is 13.0 Å². The number of nitrogens with one attached hydrogen (secondary N) is 1. The minimum atomic E-state index is -0.524. The predicted molar refractivity (Wildman–Crippen MR) is 70.5 cm³/mol. The van der Waals surface area contributed by atoms with Crippen LogP contribution < -0.4 is 10.1 Å². The van der Waals surface area contributed by atoms with Crippen molar-refractivity contribution in [1.29, 1.82) is 0 Å². The van der Waals surface area contributed by atoms with Gasteiger partial charge in [-0.3, -0.25) is 4.79 Å². The molecule has 104 valence electrons. The minimum absolute atomic E-state index is 0.204. The van der Waals surface area contributed by atoms with Crippen molar-refractivity contribution < 1.29 is 18.7 Å². The van der Waals surface area contributed by atoms with Crippen LogP contribution in [0.1, 0.15) is 6.92 Å². The fourth-order valence-electron chi connectivity index (χ4n) is 1.31. The smallest absolute Gasteiger partial charge is 0.248 e. The maximum Gasteiger partial charge on any atom is 0.248 e. The summed E-state index contributed by atoms with van der Waals surface area (Å²) in [6, 6.07) is 5.71. The number of ether oxygens (including phenoxy) is 2. The molecule has 1 atom stereocenters. The lowest BCUT2D eigenvalue weighted by Crippen LogP contribution is -2.36. The van der Waals surface area contributed by atoms with Crippen LogP contribution in [0.4, 0.5) is 4.39 Å². The Morgan fingerprint density at radius 1 is 1.47 bits per heavy atom. The van der Waals surface area contributed by atoms with E-state index in [2.05, 4.69) is 11.9 Å². The topological polar surface area (TPSA) is 47.6 Å². The van der Waals surface area contributed by atoms with Crippen molar-refractivity contribution >= 4 is 5.91 Å². The van der Waals surface area contributed by atoms with Crippen LogP contribution in [0.5, 0.6) is 5.75 Å². The monoisotopic (exact) mass is 267 g/mol. The third kappa shape index (κ3) is 6.01. The van der Waals surface area contributed by atoms with Crippen molar-refractivity contribution in [3.8, 4) is 5.75 Å². The highest BCUT2D eigenvalue weighted by Gasteiger charge is 2.11. The summed E-state index contributed by atoms with van der Waals surface area (Å²) in [5, 5.41) is 2.68. The van der Waals surface area contributed by atoms with E-state index in [1.54, 1.807) is 13.0 Å². The van der Waals surface area contributed by atoms with Gasteiger partial charge in [-0.1, -0.05) is 6.08 Å². The third-order valence-corrected chi connectivity index (χ3v) is 2.32. The van der Waals surface area contributed by atoms with Gasteiger partial charge in [-0.15, -0.1) is 6.58 Å². The molecule has 0 aliphatic carbocycles. The molecule has 0 aromatic heterocycles. The lowest BCUT2D eigenvalue weighted by molar-refractivity contribution is -0.131. The number of carbonyl (C=O) groups is 1. The Bertz CT molecular complexity index is 406. The van der Waals surface area contributed by atoms with Crippen molar-refractivity contribution in [3.05, 3.63) is 42.7 Å². The van der Waals surface area contributed by atoms with Gasteiger partial charge in [0.25, 0.3) is 0 Å². The van der Waals surface area contributed by atoms with Crippen LogP contribution in [-0.4, -0.2) is 31.8 Å². The average molecular weight is 267 g/mol. The van der Waals surface area contributed by atoms with Crippen LogP contribution in [0.15, 0.2) is 36.9 Å².